The maximum Gasteiger partial charge on any atom is 0.335 e. The Morgan fingerprint density at radius 2 is 1.13 bits per heavy atom. The molecule has 8 nitrogen and oxygen atoms in total. The average Bonchev–Trinajstić information content (AvgIpc) is 2.60. The molecule has 0 bridgehead atoms. The minimum Gasteiger partial charge on any atom is -0.478 e. The molecule has 0 unspecified atom stereocenters. The Balaban J connectivity index is 0.000000231. The normalized spacial score (nSPS) is 14.8. The smallest absolute Gasteiger partial charge is 0.335 e. The van der Waals surface area contributed by atoms with Crippen LogP contribution in [-0.2, 0) is 19.1 Å². The molecule has 0 amide bonds. The largest absolute Gasteiger partial charge is 0.478 e. The lowest BCUT2D eigenvalue weighted by Crippen LogP contribution is -2.09. The van der Waals surface area contributed by atoms with Gasteiger partial charge in [-0.05, 0) is 37.1 Å². The molecule has 0 aliphatic carbocycles. The van der Waals surface area contributed by atoms with E-state index in [1.807, 2.05) is 0 Å². The number of hydrogen-bond acceptors (Lipinski definition) is 6. The fourth-order valence-corrected chi connectivity index (χ4v) is 1.60. The van der Waals surface area contributed by atoms with Gasteiger partial charge in [0.15, 0.2) is 0 Å². The number of benzene rings is 1. The van der Waals surface area contributed by atoms with Crippen molar-refractivity contribution >= 4 is 23.9 Å². The molecule has 0 saturated carbocycles. The number of carbonyl (C=O) groups is 4. The molecule has 0 atom stereocenters. The zero-order valence-corrected chi connectivity index (χ0v) is 12.2. The van der Waals surface area contributed by atoms with E-state index in [2.05, 4.69) is 9.47 Å². The maximum absolute atomic E-state index is 10.7. The van der Waals surface area contributed by atoms with Crippen molar-refractivity contribution < 1.29 is 38.9 Å². The Morgan fingerprint density at radius 3 is 1.43 bits per heavy atom. The zero-order valence-electron chi connectivity index (χ0n) is 12.2. The van der Waals surface area contributed by atoms with Gasteiger partial charge in [-0.3, -0.25) is 9.59 Å². The maximum atomic E-state index is 10.7. The number of hydrogen-bond donors (Lipinski definition) is 2. The van der Waals surface area contributed by atoms with E-state index in [0.717, 1.165) is 0 Å². The molecule has 0 radical (unpaired) electrons. The van der Waals surface area contributed by atoms with E-state index in [-0.39, 0.29) is 29.9 Å². The van der Waals surface area contributed by atoms with Gasteiger partial charge in [0.1, 0.15) is 0 Å². The topological polar surface area (TPSA) is 127 Å². The molecule has 23 heavy (non-hydrogen) atoms. The van der Waals surface area contributed by atoms with Crippen LogP contribution in [0.3, 0.4) is 0 Å². The standard InChI is InChI=1S/C8H6O4.C7H10O4/c9-7(10)5-1-2-6(4-3-5)8(11)12;8-6-3-1-2-4-7(9)11-5-10-6/h1-4H,(H,9,10)(H,11,12);1-5H2. The summed E-state index contributed by atoms with van der Waals surface area (Å²) < 4.78 is 9.10. The Morgan fingerprint density at radius 1 is 0.783 bits per heavy atom. The second-order valence-corrected chi connectivity index (χ2v) is 4.55. The van der Waals surface area contributed by atoms with Crippen LogP contribution in [0, 0.1) is 0 Å². The summed E-state index contributed by atoms with van der Waals surface area (Å²) in [7, 11) is 0. The number of cyclic esters (lactones) is 2. The first-order valence-electron chi connectivity index (χ1n) is 6.78. The van der Waals surface area contributed by atoms with E-state index in [0.29, 0.717) is 25.7 Å². The highest BCUT2D eigenvalue weighted by molar-refractivity contribution is 5.91. The van der Waals surface area contributed by atoms with Crippen LogP contribution < -0.4 is 0 Å². The number of rotatable bonds is 2. The van der Waals surface area contributed by atoms with Gasteiger partial charge in [0, 0.05) is 12.8 Å². The fraction of sp³-hybridized carbons (Fsp3) is 0.333. The molecule has 1 heterocycles. The van der Waals surface area contributed by atoms with Crippen molar-refractivity contribution in [2.45, 2.75) is 25.7 Å². The lowest BCUT2D eigenvalue weighted by Gasteiger charge is -2.01. The monoisotopic (exact) mass is 324 g/mol. The van der Waals surface area contributed by atoms with Gasteiger partial charge in [-0.15, -0.1) is 0 Å². The fourth-order valence-electron chi connectivity index (χ4n) is 1.60. The summed E-state index contributed by atoms with van der Waals surface area (Å²) in [6.07, 6.45) is 2.18. The van der Waals surface area contributed by atoms with Crippen LogP contribution in [0.25, 0.3) is 0 Å². The van der Waals surface area contributed by atoms with E-state index in [1.54, 1.807) is 0 Å². The van der Waals surface area contributed by atoms with Crippen LogP contribution in [0.4, 0.5) is 0 Å². The highest BCUT2D eigenvalue weighted by atomic mass is 16.7. The van der Waals surface area contributed by atoms with Crippen molar-refractivity contribution in [2.24, 2.45) is 0 Å². The number of carbonyl (C=O) groups excluding carboxylic acids is 2. The predicted octanol–water partition coefficient (Wildman–Crippen LogP) is 1.69. The summed E-state index contributed by atoms with van der Waals surface area (Å²) in [5.74, 6) is -2.71. The van der Waals surface area contributed by atoms with E-state index in [1.165, 1.54) is 24.3 Å². The predicted molar refractivity (Wildman–Crippen MR) is 75.9 cm³/mol. The first kappa shape index (κ1) is 18.1. The first-order chi connectivity index (χ1) is 10.9. The lowest BCUT2D eigenvalue weighted by atomic mass is 10.1. The van der Waals surface area contributed by atoms with Crippen molar-refractivity contribution in [3.63, 3.8) is 0 Å². The third-order valence-electron chi connectivity index (χ3n) is 2.83. The highest BCUT2D eigenvalue weighted by Crippen LogP contribution is 2.05. The summed E-state index contributed by atoms with van der Waals surface area (Å²) in [6, 6.07) is 5.02. The number of carboxylic acid groups (broad SMARTS) is 2. The number of esters is 2. The molecule has 1 saturated heterocycles. The minimum atomic E-state index is -1.06. The molecule has 1 aromatic rings. The summed E-state index contributed by atoms with van der Waals surface area (Å²) in [5.41, 5.74) is 0.167. The van der Waals surface area contributed by atoms with E-state index in [4.69, 9.17) is 10.2 Å². The zero-order chi connectivity index (χ0) is 17.2. The number of aromatic carboxylic acids is 2. The van der Waals surface area contributed by atoms with Gasteiger partial charge < -0.3 is 19.7 Å². The van der Waals surface area contributed by atoms with Crippen molar-refractivity contribution in [1.29, 1.82) is 0 Å². The summed E-state index contributed by atoms with van der Waals surface area (Å²) in [5, 5.41) is 16.9. The average molecular weight is 324 g/mol. The summed E-state index contributed by atoms with van der Waals surface area (Å²) in [4.78, 5) is 42.0. The third-order valence-corrected chi connectivity index (χ3v) is 2.83. The van der Waals surface area contributed by atoms with Crippen LogP contribution in [-0.4, -0.2) is 40.9 Å². The van der Waals surface area contributed by atoms with Gasteiger partial charge >= 0.3 is 23.9 Å². The highest BCUT2D eigenvalue weighted by Gasteiger charge is 2.10. The van der Waals surface area contributed by atoms with Crippen LogP contribution in [0.2, 0.25) is 0 Å². The number of carboxylic acids is 2. The minimum absolute atomic E-state index is 0.0833. The molecular weight excluding hydrogens is 308 g/mol. The van der Waals surface area contributed by atoms with Gasteiger partial charge in [-0.2, -0.15) is 0 Å². The summed E-state index contributed by atoms with van der Waals surface area (Å²) in [6.45, 7) is -0.225. The molecule has 1 aliphatic heterocycles. The van der Waals surface area contributed by atoms with Crippen LogP contribution in [0.15, 0.2) is 24.3 Å². The lowest BCUT2D eigenvalue weighted by molar-refractivity contribution is -0.165. The van der Waals surface area contributed by atoms with Gasteiger partial charge in [0.25, 0.3) is 0 Å². The molecule has 2 rings (SSSR count). The molecular formula is C15H16O8. The molecule has 0 aromatic heterocycles. The molecule has 1 aromatic carbocycles. The van der Waals surface area contributed by atoms with Gasteiger partial charge in [0.2, 0.25) is 6.79 Å². The molecule has 1 fully saturated rings. The first-order valence-corrected chi connectivity index (χ1v) is 6.78. The van der Waals surface area contributed by atoms with Crippen molar-refractivity contribution in [3.05, 3.63) is 35.4 Å². The Hall–Kier alpha value is -2.90. The van der Waals surface area contributed by atoms with Gasteiger partial charge in [-0.1, -0.05) is 0 Å². The quantitative estimate of drug-likeness (QED) is 0.787. The van der Waals surface area contributed by atoms with Crippen LogP contribution >= 0.6 is 0 Å². The van der Waals surface area contributed by atoms with Gasteiger partial charge in [0.05, 0.1) is 11.1 Å². The Bertz CT molecular complexity index is 525. The van der Waals surface area contributed by atoms with E-state index in [9.17, 15) is 19.2 Å². The molecule has 124 valence electrons. The van der Waals surface area contributed by atoms with Crippen molar-refractivity contribution in [3.8, 4) is 0 Å². The van der Waals surface area contributed by atoms with Crippen molar-refractivity contribution in [1.82, 2.24) is 0 Å². The second kappa shape index (κ2) is 9.19. The molecule has 2 N–H and O–H groups in total. The molecule has 8 heteroatoms. The second-order valence-electron chi connectivity index (χ2n) is 4.55. The SMILES string of the molecule is O=C(O)c1ccc(C(=O)O)cc1.O=C1CCCCC(=O)OCO1. The van der Waals surface area contributed by atoms with Gasteiger partial charge in [-0.25, -0.2) is 9.59 Å². The summed E-state index contributed by atoms with van der Waals surface area (Å²) >= 11 is 0. The van der Waals surface area contributed by atoms with Crippen molar-refractivity contribution in [2.75, 3.05) is 6.79 Å². The van der Waals surface area contributed by atoms with Crippen LogP contribution in [0.5, 0.6) is 0 Å². The van der Waals surface area contributed by atoms with E-state index >= 15 is 0 Å². The van der Waals surface area contributed by atoms with E-state index < -0.39 is 11.9 Å². The molecule has 1 aliphatic rings. The number of ether oxygens (including phenoxy) is 2. The Kier molecular flexibility index (Phi) is 7.25. The Labute approximate surface area is 131 Å². The molecule has 0 spiro atoms. The van der Waals surface area contributed by atoms with Crippen LogP contribution in [0.1, 0.15) is 46.4 Å². The third kappa shape index (κ3) is 7.07.